The minimum absolute atomic E-state index is 0.0664. The lowest BCUT2D eigenvalue weighted by atomic mass is 10.1. The van der Waals surface area contributed by atoms with E-state index in [1.165, 1.54) is 0 Å². The number of hydrogen-bond acceptors (Lipinski definition) is 3. The van der Waals surface area contributed by atoms with Crippen LogP contribution in [0.15, 0.2) is 24.3 Å². The number of rotatable bonds is 4. The second kappa shape index (κ2) is 6.93. The molecule has 0 aliphatic carbocycles. The van der Waals surface area contributed by atoms with Crippen LogP contribution in [0, 0.1) is 0 Å². The third-order valence-corrected chi connectivity index (χ3v) is 3.49. The fourth-order valence-corrected chi connectivity index (χ4v) is 2.29. The minimum Gasteiger partial charge on any atom is -0.399 e. The normalized spacial score (nSPS) is 19.0. The van der Waals surface area contributed by atoms with E-state index in [9.17, 15) is 9.59 Å². The molecule has 0 aromatic heterocycles. The van der Waals surface area contributed by atoms with Gasteiger partial charge < -0.3 is 16.4 Å². The van der Waals surface area contributed by atoms with E-state index in [0.717, 1.165) is 24.8 Å². The molecule has 0 spiro atoms. The number of aryl methyl sites for hydroxylation is 1. The molecule has 2 rings (SSSR count). The van der Waals surface area contributed by atoms with Gasteiger partial charge in [-0.05, 0) is 43.4 Å². The Morgan fingerprint density at radius 1 is 1.30 bits per heavy atom. The van der Waals surface area contributed by atoms with E-state index in [2.05, 4.69) is 10.6 Å². The van der Waals surface area contributed by atoms with Crippen molar-refractivity contribution in [1.82, 2.24) is 10.6 Å². The predicted octanol–water partition coefficient (Wildman–Crippen LogP) is 0.986. The number of nitrogens with two attached hydrogens (primary N) is 1. The molecule has 0 radical (unpaired) electrons. The van der Waals surface area contributed by atoms with Crippen molar-refractivity contribution >= 4 is 17.5 Å². The first-order valence-electron chi connectivity index (χ1n) is 7.06. The van der Waals surface area contributed by atoms with Crippen molar-refractivity contribution in [3.05, 3.63) is 29.8 Å². The lowest BCUT2D eigenvalue weighted by Crippen LogP contribution is -2.45. The molecule has 1 atom stereocenters. The Morgan fingerprint density at radius 2 is 2.05 bits per heavy atom. The second-order valence-electron chi connectivity index (χ2n) is 5.15. The van der Waals surface area contributed by atoms with Crippen LogP contribution in [-0.4, -0.2) is 24.4 Å². The number of carbonyl (C=O) groups is 2. The third kappa shape index (κ3) is 4.26. The van der Waals surface area contributed by atoms with Crippen molar-refractivity contribution in [2.24, 2.45) is 0 Å². The monoisotopic (exact) mass is 275 g/mol. The highest BCUT2D eigenvalue weighted by Crippen LogP contribution is 2.09. The zero-order valence-corrected chi connectivity index (χ0v) is 11.5. The molecule has 20 heavy (non-hydrogen) atoms. The standard InChI is InChI=1S/C15H21N3O2/c16-12-7-4-11(5-8-12)6-9-14(19)18-13-3-1-2-10-17-15(13)20/h4-5,7-8,13H,1-3,6,9-10,16H2,(H,17,20)(H,18,19). The van der Waals surface area contributed by atoms with Crippen LogP contribution in [-0.2, 0) is 16.0 Å². The molecule has 0 saturated carbocycles. The molecule has 0 bridgehead atoms. The smallest absolute Gasteiger partial charge is 0.242 e. The van der Waals surface area contributed by atoms with Crippen LogP contribution in [0.5, 0.6) is 0 Å². The zero-order valence-electron chi connectivity index (χ0n) is 11.5. The largest absolute Gasteiger partial charge is 0.399 e. The van der Waals surface area contributed by atoms with Crippen LogP contribution in [0.2, 0.25) is 0 Å². The molecule has 1 aliphatic heterocycles. The minimum atomic E-state index is -0.378. The molecule has 2 amide bonds. The first kappa shape index (κ1) is 14.4. The Balaban J connectivity index is 1.79. The molecule has 1 saturated heterocycles. The van der Waals surface area contributed by atoms with Gasteiger partial charge in [0.05, 0.1) is 0 Å². The summed E-state index contributed by atoms with van der Waals surface area (Å²) in [6.07, 6.45) is 3.69. The van der Waals surface area contributed by atoms with Gasteiger partial charge in [0, 0.05) is 18.7 Å². The van der Waals surface area contributed by atoms with Gasteiger partial charge in [0.15, 0.2) is 0 Å². The molecule has 108 valence electrons. The molecular weight excluding hydrogens is 254 g/mol. The van der Waals surface area contributed by atoms with Crippen LogP contribution < -0.4 is 16.4 Å². The van der Waals surface area contributed by atoms with Gasteiger partial charge >= 0.3 is 0 Å². The molecule has 1 heterocycles. The van der Waals surface area contributed by atoms with Crippen molar-refractivity contribution in [3.63, 3.8) is 0 Å². The quantitative estimate of drug-likeness (QED) is 0.716. The maximum atomic E-state index is 11.9. The number of carbonyl (C=O) groups excluding carboxylic acids is 2. The Morgan fingerprint density at radius 3 is 2.80 bits per heavy atom. The average Bonchev–Trinajstić information content (AvgIpc) is 2.64. The van der Waals surface area contributed by atoms with Gasteiger partial charge in [0.1, 0.15) is 6.04 Å². The van der Waals surface area contributed by atoms with Gasteiger partial charge in [-0.3, -0.25) is 9.59 Å². The van der Waals surface area contributed by atoms with Crippen molar-refractivity contribution < 1.29 is 9.59 Å². The summed E-state index contributed by atoms with van der Waals surface area (Å²) in [7, 11) is 0. The molecule has 1 aromatic carbocycles. The molecule has 1 aromatic rings. The summed E-state index contributed by atoms with van der Waals surface area (Å²) >= 11 is 0. The summed E-state index contributed by atoms with van der Waals surface area (Å²) in [6.45, 7) is 0.705. The maximum absolute atomic E-state index is 11.9. The van der Waals surface area contributed by atoms with Crippen LogP contribution in [0.1, 0.15) is 31.2 Å². The summed E-state index contributed by atoms with van der Waals surface area (Å²) in [6, 6.07) is 7.11. The SMILES string of the molecule is Nc1ccc(CCC(=O)NC2CCCCNC2=O)cc1. The van der Waals surface area contributed by atoms with Crippen LogP contribution in [0.25, 0.3) is 0 Å². The topological polar surface area (TPSA) is 84.2 Å². The molecule has 1 aliphatic rings. The second-order valence-corrected chi connectivity index (χ2v) is 5.15. The molecule has 5 heteroatoms. The average molecular weight is 275 g/mol. The first-order valence-corrected chi connectivity index (χ1v) is 7.06. The van der Waals surface area contributed by atoms with Crippen molar-refractivity contribution in [2.75, 3.05) is 12.3 Å². The van der Waals surface area contributed by atoms with E-state index in [0.29, 0.717) is 25.1 Å². The van der Waals surface area contributed by atoms with Gasteiger partial charge in [-0.15, -0.1) is 0 Å². The fraction of sp³-hybridized carbons (Fsp3) is 0.467. The highest BCUT2D eigenvalue weighted by molar-refractivity contribution is 5.87. The Kier molecular flexibility index (Phi) is 4.98. The van der Waals surface area contributed by atoms with E-state index in [1.54, 1.807) is 0 Å². The van der Waals surface area contributed by atoms with Gasteiger partial charge in [-0.1, -0.05) is 12.1 Å². The summed E-state index contributed by atoms with van der Waals surface area (Å²) in [4.78, 5) is 23.6. The molecule has 1 fully saturated rings. The number of amides is 2. The lowest BCUT2D eigenvalue weighted by Gasteiger charge is -2.15. The first-order chi connectivity index (χ1) is 9.65. The van der Waals surface area contributed by atoms with Crippen LogP contribution in [0.4, 0.5) is 5.69 Å². The van der Waals surface area contributed by atoms with E-state index in [1.807, 2.05) is 24.3 Å². The predicted molar refractivity (Wildman–Crippen MR) is 78.0 cm³/mol. The number of nitrogen functional groups attached to an aromatic ring is 1. The van der Waals surface area contributed by atoms with Crippen molar-refractivity contribution in [1.29, 1.82) is 0 Å². The Labute approximate surface area is 118 Å². The van der Waals surface area contributed by atoms with Crippen molar-refractivity contribution in [3.8, 4) is 0 Å². The molecule has 4 N–H and O–H groups in total. The lowest BCUT2D eigenvalue weighted by molar-refractivity contribution is -0.128. The zero-order chi connectivity index (χ0) is 14.4. The molecule has 5 nitrogen and oxygen atoms in total. The van der Waals surface area contributed by atoms with E-state index in [4.69, 9.17) is 5.73 Å². The third-order valence-electron chi connectivity index (χ3n) is 3.49. The molecule has 1 unspecified atom stereocenters. The van der Waals surface area contributed by atoms with Crippen molar-refractivity contribution in [2.45, 2.75) is 38.1 Å². The van der Waals surface area contributed by atoms with Crippen LogP contribution >= 0.6 is 0 Å². The van der Waals surface area contributed by atoms with E-state index in [-0.39, 0.29) is 17.9 Å². The highest BCUT2D eigenvalue weighted by Gasteiger charge is 2.21. The Bertz CT molecular complexity index is 471. The van der Waals surface area contributed by atoms with Gasteiger partial charge in [0.2, 0.25) is 11.8 Å². The highest BCUT2D eigenvalue weighted by atomic mass is 16.2. The summed E-state index contributed by atoms with van der Waals surface area (Å²) in [5.41, 5.74) is 7.40. The Hall–Kier alpha value is -2.04. The number of nitrogens with one attached hydrogen (secondary N) is 2. The van der Waals surface area contributed by atoms with Gasteiger partial charge in [-0.25, -0.2) is 0 Å². The van der Waals surface area contributed by atoms with Crippen LogP contribution in [0.3, 0.4) is 0 Å². The fourth-order valence-electron chi connectivity index (χ4n) is 2.29. The van der Waals surface area contributed by atoms with E-state index < -0.39 is 0 Å². The van der Waals surface area contributed by atoms with E-state index >= 15 is 0 Å². The summed E-state index contributed by atoms with van der Waals surface area (Å²) in [5.74, 6) is -0.146. The summed E-state index contributed by atoms with van der Waals surface area (Å²) in [5, 5.41) is 5.63. The molecular formula is C15H21N3O2. The maximum Gasteiger partial charge on any atom is 0.242 e. The number of hydrogen-bond donors (Lipinski definition) is 3. The van der Waals surface area contributed by atoms with Gasteiger partial charge in [0.25, 0.3) is 0 Å². The summed E-state index contributed by atoms with van der Waals surface area (Å²) < 4.78 is 0. The van der Waals surface area contributed by atoms with Gasteiger partial charge in [-0.2, -0.15) is 0 Å². The number of anilines is 1. The number of benzene rings is 1.